The van der Waals surface area contributed by atoms with E-state index in [2.05, 4.69) is 48.3 Å². The fourth-order valence-electron chi connectivity index (χ4n) is 2.60. The van der Waals surface area contributed by atoms with E-state index in [1.807, 2.05) is 7.11 Å². The Kier molecular flexibility index (Phi) is 5.23. The molecule has 1 aliphatic heterocycles. The second kappa shape index (κ2) is 6.92. The summed E-state index contributed by atoms with van der Waals surface area (Å²) in [5.41, 5.74) is 2.75. The van der Waals surface area contributed by atoms with Crippen LogP contribution in [0.2, 0.25) is 0 Å². The molecule has 0 aromatic heterocycles. The Morgan fingerprint density at radius 1 is 1.37 bits per heavy atom. The Hall–Kier alpha value is -1.06. The van der Waals surface area contributed by atoms with E-state index in [4.69, 9.17) is 4.74 Å². The number of anilines is 1. The largest absolute Gasteiger partial charge is 0.380 e. The van der Waals surface area contributed by atoms with Crippen LogP contribution in [0, 0.1) is 5.92 Å². The molecule has 1 aromatic rings. The van der Waals surface area contributed by atoms with Gasteiger partial charge < -0.3 is 15.0 Å². The van der Waals surface area contributed by atoms with Crippen molar-refractivity contribution >= 4 is 5.69 Å². The second-order valence-electron chi connectivity index (χ2n) is 5.75. The molecular formula is C16H26N2O. The van der Waals surface area contributed by atoms with E-state index >= 15 is 0 Å². The zero-order chi connectivity index (χ0) is 13.7. The highest BCUT2D eigenvalue weighted by Gasteiger charge is 2.23. The molecule has 1 aliphatic rings. The van der Waals surface area contributed by atoms with Crippen molar-refractivity contribution in [3.05, 3.63) is 29.8 Å². The molecule has 1 N–H and O–H groups in total. The molecule has 19 heavy (non-hydrogen) atoms. The first-order valence-electron chi connectivity index (χ1n) is 7.27. The number of nitrogens with zero attached hydrogens (tertiary/aromatic N) is 1. The maximum atomic E-state index is 5.46. The molecule has 2 rings (SSSR count). The lowest BCUT2D eigenvalue weighted by molar-refractivity contribution is 0.121. The molecule has 0 aliphatic carbocycles. The highest BCUT2D eigenvalue weighted by atomic mass is 16.5. The first-order valence-corrected chi connectivity index (χ1v) is 7.27. The molecule has 1 aromatic carbocycles. The molecule has 0 radical (unpaired) electrons. The van der Waals surface area contributed by atoms with Crippen LogP contribution >= 0.6 is 0 Å². The molecular weight excluding hydrogens is 236 g/mol. The molecule has 0 bridgehead atoms. The summed E-state index contributed by atoms with van der Waals surface area (Å²) in [4.78, 5) is 2.44. The maximum Gasteiger partial charge on any atom is 0.0762 e. The SMILES string of the molecule is COC1CCN(c2ccccc2CNCC(C)C)C1. The third kappa shape index (κ3) is 3.95. The number of rotatable bonds is 6. The van der Waals surface area contributed by atoms with Crippen molar-refractivity contribution in [2.24, 2.45) is 5.92 Å². The summed E-state index contributed by atoms with van der Waals surface area (Å²) in [6.07, 6.45) is 1.52. The summed E-state index contributed by atoms with van der Waals surface area (Å²) >= 11 is 0. The molecule has 0 saturated carbocycles. The predicted octanol–water partition coefficient (Wildman–Crippen LogP) is 2.66. The monoisotopic (exact) mass is 262 g/mol. The summed E-state index contributed by atoms with van der Waals surface area (Å²) in [6.45, 7) is 8.60. The van der Waals surface area contributed by atoms with Gasteiger partial charge in [0.2, 0.25) is 0 Å². The minimum Gasteiger partial charge on any atom is -0.380 e. The van der Waals surface area contributed by atoms with Crippen LogP contribution < -0.4 is 10.2 Å². The van der Waals surface area contributed by atoms with Crippen molar-refractivity contribution in [2.75, 3.05) is 31.6 Å². The van der Waals surface area contributed by atoms with Crippen LogP contribution in [0.1, 0.15) is 25.8 Å². The molecule has 106 valence electrons. The van der Waals surface area contributed by atoms with Crippen molar-refractivity contribution in [1.29, 1.82) is 0 Å². The minimum atomic E-state index is 0.386. The van der Waals surface area contributed by atoms with Crippen LogP contribution in [-0.2, 0) is 11.3 Å². The minimum absolute atomic E-state index is 0.386. The topological polar surface area (TPSA) is 24.5 Å². The van der Waals surface area contributed by atoms with Crippen LogP contribution in [0.25, 0.3) is 0 Å². The van der Waals surface area contributed by atoms with Gasteiger partial charge in [-0.05, 0) is 30.5 Å². The van der Waals surface area contributed by atoms with Gasteiger partial charge in [0.05, 0.1) is 6.10 Å². The van der Waals surface area contributed by atoms with Crippen molar-refractivity contribution in [3.63, 3.8) is 0 Å². The lowest BCUT2D eigenvalue weighted by Gasteiger charge is -2.22. The number of hydrogen-bond donors (Lipinski definition) is 1. The summed E-state index contributed by atoms with van der Waals surface area (Å²) in [7, 11) is 1.81. The highest BCUT2D eigenvalue weighted by Crippen LogP contribution is 2.25. The quantitative estimate of drug-likeness (QED) is 0.853. The molecule has 3 heteroatoms. The van der Waals surface area contributed by atoms with Gasteiger partial charge in [-0.1, -0.05) is 32.0 Å². The van der Waals surface area contributed by atoms with Crippen LogP contribution in [0.3, 0.4) is 0 Å². The molecule has 1 fully saturated rings. The average Bonchev–Trinajstić information content (AvgIpc) is 2.87. The van der Waals surface area contributed by atoms with E-state index < -0.39 is 0 Å². The fourth-order valence-corrected chi connectivity index (χ4v) is 2.60. The van der Waals surface area contributed by atoms with Crippen LogP contribution in [0.15, 0.2) is 24.3 Å². The van der Waals surface area contributed by atoms with Gasteiger partial charge in [-0.2, -0.15) is 0 Å². The smallest absolute Gasteiger partial charge is 0.0762 e. The number of benzene rings is 1. The van der Waals surface area contributed by atoms with E-state index in [1.165, 1.54) is 11.3 Å². The van der Waals surface area contributed by atoms with Gasteiger partial charge in [0, 0.05) is 32.4 Å². The Morgan fingerprint density at radius 3 is 2.84 bits per heavy atom. The van der Waals surface area contributed by atoms with Crippen molar-refractivity contribution in [2.45, 2.75) is 32.9 Å². The lowest BCUT2D eigenvalue weighted by atomic mass is 10.1. The normalized spacial score (nSPS) is 19.4. The number of hydrogen-bond acceptors (Lipinski definition) is 3. The van der Waals surface area contributed by atoms with Gasteiger partial charge >= 0.3 is 0 Å². The van der Waals surface area contributed by atoms with E-state index in [0.29, 0.717) is 12.0 Å². The third-order valence-corrected chi connectivity index (χ3v) is 3.68. The molecule has 0 spiro atoms. The van der Waals surface area contributed by atoms with Crippen LogP contribution in [0.5, 0.6) is 0 Å². The van der Waals surface area contributed by atoms with Gasteiger partial charge in [-0.25, -0.2) is 0 Å². The molecule has 1 saturated heterocycles. The highest BCUT2D eigenvalue weighted by molar-refractivity contribution is 5.54. The first kappa shape index (κ1) is 14.4. The first-order chi connectivity index (χ1) is 9.20. The molecule has 3 nitrogen and oxygen atoms in total. The van der Waals surface area contributed by atoms with E-state index in [9.17, 15) is 0 Å². The number of methoxy groups -OCH3 is 1. The maximum absolute atomic E-state index is 5.46. The van der Waals surface area contributed by atoms with Gasteiger partial charge in [-0.15, -0.1) is 0 Å². The molecule has 1 unspecified atom stereocenters. The number of ether oxygens (including phenoxy) is 1. The standard InChI is InChI=1S/C16H26N2O/c1-13(2)10-17-11-14-6-4-5-7-16(14)18-9-8-15(12-18)19-3/h4-7,13,15,17H,8-12H2,1-3H3. The molecule has 1 heterocycles. The average molecular weight is 262 g/mol. The van der Waals surface area contributed by atoms with Crippen molar-refractivity contribution in [3.8, 4) is 0 Å². The third-order valence-electron chi connectivity index (χ3n) is 3.68. The molecule has 1 atom stereocenters. The summed E-state index contributed by atoms with van der Waals surface area (Å²) < 4.78 is 5.46. The lowest BCUT2D eigenvalue weighted by Crippen LogP contribution is -2.25. The summed E-state index contributed by atoms with van der Waals surface area (Å²) in [6, 6.07) is 8.70. The van der Waals surface area contributed by atoms with E-state index in [1.54, 1.807) is 0 Å². The second-order valence-corrected chi connectivity index (χ2v) is 5.75. The van der Waals surface area contributed by atoms with Crippen LogP contribution in [-0.4, -0.2) is 32.8 Å². The zero-order valence-corrected chi connectivity index (χ0v) is 12.4. The number of para-hydroxylation sites is 1. The predicted molar refractivity (Wildman–Crippen MR) is 80.6 cm³/mol. The Labute approximate surface area is 116 Å². The Morgan fingerprint density at radius 2 is 2.16 bits per heavy atom. The van der Waals surface area contributed by atoms with E-state index in [0.717, 1.165) is 32.6 Å². The van der Waals surface area contributed by atoms with Crippen molar-refractivity contribution < 1.29 is 4.74 Å². The van der Waals surface area contributed by atoms with Gasteiger partial charge in [0.1, 0.15) is 0 Å². The summed E-state index contributed by atoms with van der Waals surface area (Å²) in [5, 5.41) is 3.53. The van der Waals surface area contributed by atoms with Crippen LogP contribution in [0.4, 0.5) is 5.69 Å². The van der Waals surface area contributed by atoms with Gasteiger partial charge in [0.15, 0.2) is 0 Å². The van der Waals surface area contributed by atoms with E-state index in [-0.39, 0.29) is 0 Å². The van der Waals surface area contributed by atoms with Gasteiger partial charge in [0.25, 0.3) is 0 Å². The molecule has 0 amide bonds. The summed E-state index contributed by atoms with van der Waals surface area (Å²) in [5.74, 6) is 0.692. The Balaban J connectivity index is 2.00. The number of nitrogens with one attached hydrogen (secondary N) is 1. The van der Waals surface area contributed by atoms with Gasteiger partial charge in [-0.3, -0.25) is 0 Å². The van der Waals surface area contributed by atoms with Crippen molar-refractivity contribution in [1.82, 2.24) is 5.32 Å². The fraction of sp³-hybridized carbons (Fsp3) is 0.625. The zero-order valence-electron chi connectivity index (χ0n) is 12.4. The Bertz CT molecular complexity index is 392.